The van der Waals surface area contributed by atoms with Crippen LogP contribution in [0.15, 0.2) is 65.0 Å². The number of hydrogen-bond donors (Lipinski definition) is 2. The van der Waals surface area contributed by atoms with E-state index in [1.54, 1.807) is 36.4 Å². The van der Waals surface area contributed by atoms with Gasteiger partial charge >= 0.3 is 0 Å². The number of ether oxygens (including phenoxy) is 2. The van der Waals surface area contributed by atoms with Crippen LogP contribution in [0.1, 0.15) is 24.8 Å². The number of nitriles is 1. The van der Waals surface area contributed by atoms with Crippen molar-refractivity contribution in [3.05, 3.63) is 66.4 Å². The van der Waals surface area contributed by atoms with Crippen molar-refractivity contribution in [2.24, 2.45) is 0 Å². The number of rotatable bonds is 11. The molecule has 0 spiro atoms. The van der Waals surface area contributed by atoms with Gasteiger partial charge in [0.25, 0.3) is 0 Å². The quantitative estimate of drug-likeness (QED) is 0.151. The summed E-state index contributed by atoms with van der Waals surface area (Å²) in [5.41, 5.74) is 3.96. The zero-order valence-corrected chi connectivity index (χ0v) is 24.8. The molecule has 1 fully saturated rings. The van der Waals surface area contributed by atoms with Crippen molar-refractivity contribution >= 4 is 34.7 Å². The Balaban J connectivity index is 1.31. The number of thioether (sulfide) groups is 1. The van der Waals surface area contributed by atoms with Crippen LogP contribution in [0.2, 0.25) is 0 Å². The molecule has 0 saturated carbocycles. The Kier molecular flexibility index (Phi) is 9.75. The number of piperidine rings is 1. The number of hydrogen-bond acceptors (Lipinski definition) is 10. The predicted molar refractivity (Wildman–Crippen MR) is 165 cm³/mol. The minimum atomic E-state index is -0.148. The summed E-state index contributed by atoms with van der Waals surface area (Å²) in [5, 5.41) is 23.0. The Morgan fingerprint density at radius 3 is 2.73 bits per heavy atom. The van der Waals surface area contributed by atoms with E-state index < -0.39 is 0 Å². The lowest BCUT2D eigenvalue weighted by molar-refractivity contribution is 0.0800. The lowest BCUT2D eigenvalue weighted by Gasteiger charge is -2.29. The van der Waals surface area contributed by atoms with Gasteiger partial charge in [0.15, 0.2) is 0 Å². The largest absolute Gasteiger partial charge is 0.497 e. The molecular weight excluding hydrogens is 555 g/mol. The van der Waals surface area contributed by atoms with Crippen LogP contribution >= 0.6 is 23.1 Å². The van der Waals surface area contributed by atoms with Gasteiger partial charge in [-0.05, 0) is 61.4 Å². The van der Waals surface area contributed by atoms with Gasteiger partial charge in [0.2, 0.25) is 5.95 Å². The summed E-state index contributed by atoms with van der Waals surface area (Å²) in [5.74, 6) is 1.97. The third kappa shape index (κ3) is 7.18. The number of nitrogens with zero attached hydrogens (tertiary/aromatic N) is 4. The maximum absolute atomic E-state index is 10.1. The van der Waals surface area contributed by atoms with Gasteiger partial charge in [-0.1, -0.05) is 18.2 Å². The smallest absolute Gasteiger partial charge is 0.227 e. The molecule has 1 aliphatic rings. The first-order valence-electron chi connectivity index (χ1n) is 13.6. The molecule has 8 nitrogen and oxygen atoms in total. The number of anilines is 2. The molecule has 2 aromatic carbocycles. The number of nitrogens with one attached hydrogen (secondary N) is 1. The predicted octanol–water partition coefficient (Wildman–Crippen LogP) is 6.44. The second kappa shape index (κ2) is 13.8. The van der Waals surface area contributed by atoms with Gasteiger partial charge in [0.1, 0.15) is 17.6 Å². The summed E-state index contributed by atoms with van der Waals surface area (Å²) in [4.78, 5) is 12.6. The number of aromatic nitrogens is 2. The van der Waals surface area contributed by atoms with Crippen molar-refractivity contribution < 1.29 is 14.6 Å². The van der Waals surface area contributed by atoms with Crippen molar-refractivity contribution in [3.63, 3.8) is 0 Å². The highest BCUT2D eigenvalue weighted by molar-refractivity contribution is 8.00. The molecule has 0 atom stereocenters. The van der Waals surface area contributed by atoms with Crippen LogP contribution in [0, 0.1) is 11.3 Å². The Morgan fingerprint density at radius 2 is 1.95 bits per heavy atom. The maximum Gasteiger partial charge on any atom is 0.227 e. The third-order valence-electron chi connectivity index (χ3n) is 6.95. The molecule has 0 amide bonds. The van der Waals surface area contributed by atoms with E-state index >= 15 is 0 Å². The molecule has 0 aliphatic carbocycles. The highest BCUT2D eigenvalue weighted by Gasteiger charge is 2.22. The van der Waals surface area contributed by atoms with Crippen LogP contribution in [0.5, 0.6) is 11.5 Å². The Morgan fingerprint density at radius 1 is 1.15 bits per heavy atom. The molecule has 41 heavy (non-hydrogen) atoms. The minimum absolute atomic E-state index is 0.148. The van der Waals surface area contributed by atoms with Crippen LogP contribution in [0.4, 0.5) is 11.6 Å². The van der Waals surface area contributed by atoms with Gasteiger partial charge in [-0.25, -0.2) is 9.97 Å². The summed E-state index contributed by atoms with van der Waals surface area (Å²) >= 11 is 3.11. The van der Waals surface area contributed by atoms with E-state index in [0.29, 0.717) is 18.1 Å². The first-order valence-corrected chi connectivity index (χ1v) is 15.6. The average Bonchev–Trinajstić information content (AvgIpc) is 3.39. The topological polar surface area (TPSA) is 104 Å². The summed E-state index contributed by atoms with van der Waals surface area (Å²) in [7, 11) is 1.64. The van der Waals surface area contributed by atoms with E-state index in [9.17, 15) is 10.4 Å². The highest BCUT2D eigenvalue weighted by Crippen LogP contribution is 2.46. The van der Waals surface area contributed by atoms with Crippen molar-refractivity contribution in [2.45, 2.75) is 29.6 Å². The van der Waals surface area contributed by atoms with Gasteiger partial charge in [-0.15, -0.1) is 23.1 Å². The summed E-state index contributed by atoms with van der Waals surface area (Å²) in [6.07, 6.45) is 6.19. The lowest BCUT2D eigenvalue weighted by Crippen LogP contribution is -2.36. The van der Waals surface area contributed by atoms with Crippen LogP contribution < -0.4 is 14.8 Å². The third-order valence-corrected chi connectivity index (χ3v) is 9.29. The first-order chi connectivity index (χ1) is 20.1. The van der Waals surface area contributed by atoms with Gasteiger partial charge < -0.3 is 24.8 Å². The van der Waals surface area contributed by atoms with Gasteiger partial charge in [0, 0.05) is 43.1 Å². The molecule has 1 saturated heterocycles. The fraction of sp³-hybridized carbons (Fsp3) is 0.323. The number of likely N-dealkylation sites (tertiary alicyclic amines) is 1. The Hall–Kier alpha value is -3.62. The number of benzene rings is 2. The maximum atomic E-state index is 10.1. The van der Waals surface area contributed by atoms with E-state index in [0.717, 1.165) is 82.0 Å². The normalized spacial score (nSPS) is 14.0. The van der Waals surface area contributed by atoms with Gasteiger partial charge in [-0.2, -0.15) is 5.26 Å². The molecule has 3 heterocycles. The number of thiophene rings is 1. The molecule has 0 radical (unpaired) electrons. The fourth-order valence-electron chi connectivity index (χ4n) is 4.85. The zero-order chi connectivity index (χ0) is 28.6. The lowest BCUT2D eigenvalue weighted by atomic mass is 10.0. The fourth-order valence-corrected chi connectivity index (χ4v) is 6.76. The molecule has 212 valence electrons. The molecule has 5 rings (SSSR count). The number of aliphatic hydroxyl groups excluding tert-OH is 1. The van der Waals surface area contributed by atoms with Crippen LogP contribution in [-0.2, 0) is 0 Å². The number of methoxy groups -OCH3 is 1. The van der Waals surface area contributed by atoms with Crippen molar-refractivity contribution in [1.29, 1.82) is 5.26 Å². The Bertz CT molecular complexity index is 1510. The molecule has 4 aromatic rings. The summed E-state index contributed by atoms with van der Waals surface area (Å²) in [6, 6.07) is 19.8. The van der Waals surface area contributed by atoms with E-state index in [1.807, 2.05) is 60.9 Å². The van der Waals surface area contributed by atoms with E-state index in [-0.39, 0.29) is 6.10 Å². The standard InChI is InChI=1S/C31H33N5O3S2/c1-38-24-8-3-6-21(18-24)28-26(20-32)30(40-2)41-29(28)27-10-13-33-31(35-27)34-22-7-4-9-25(19-22)39-17-5-14-36-15-11-23(37)12-16-36/h3-4,6-10,13,18-19,23,37H,5,11-12,14-17H2,1-2H3,(H,33,34,35). The highest BCUT2D eigenvalue weighted by atomic mass is 32.2. The molecular formula is C31H33N5O3S2. The van der Waals surface area contributed by atoms with Crippen molar-refractivity contribution in [3.8, 4) is 39.3 Å². The molecule has 0 unspecified atom stereocenters. The average molecular weight is 588 g/mol. The van der Waals surface area contributed by atoms with Crippen molar-refractivity contribution in [2.75, 3.05) is 44.9 Å². The van der Waals surface area contributed by atoms with E-state index in [4.69, 9.17) is 14.5 Å². The summed E-state index contributed by atoms with van der Waals surface area (Å²) < 4.78 is 12.4. The second-order valence-electron chi connectivity index (χ2n) is 9.71. The van der Waals surface area contributed by atoms with Crippen LogP contribution in [0.25, 0.3) is 21.7 Å². The van der Waals surface area contributed by atoms with E-state index in [1.165, 1.54) is 0 Å². The molecule has 1 aliphatic heterocycles. The zero-order valence-electron chi connectivity index (χ0n) is 23.2. The van der Waals surface area contributed by atoms with Gasteiger partial charge in [0.05, 0.1) is 40.2 Å². The van der Waals surface area contributed by atoms with E-state index in [2.05, 4.69) is 21.3 Å². The summed E-state index contributed by atoms with van der Waals surface area (Å²) in [6.45, 7) is 3.49. The van der Waals surface area contributed by atoms with Crippen LogP contribution in [-0.4, -0.2) is 65.7 Å². The minimum Gasteiger partial charge on any atom is -0.497 e. The molecule has 2 N–H and O–H groups in total. The molecule has 2 aromatic heterocycles. The molecule has 0 bridgehead atoms. The Labute approximate surface area is 249 Å². The van der Waals surface area contributed by atoms with Gasteiger partial charge in [-0.3, -0.25) is 0 Å². The first kappa shape index (κ1) is 28.9. The monoisotopic (exact) mass is 587 g/mol. The van der Waals surface area contributed by atoms with Crippen molar-refractivity contribution in [1.82, 2.24) is 14.9 Å². The second-order valence-corrected chi connectivity index (χ2v) is 11.8. The van der Waals surface area contributed by atoms with Crippen LogP contribution in [0.3, 0.4) is 0 Å². The molecule has 10 heteroatoms. The number of aliphatic hydroxyl groups is 1. The SMILES string of the molecule is COc1cccc(-c2c(-c3ccnc(Nc4cccc(OCCCN5CCC(O)CC5)c4)n3)sc(SC)c2C#N)c1.